The van der Waals surface area contributed by atoms with E-state index in [0.29, 0.717) is 6.61 Å². The zero-order chi connectivity index (χ0) is 13.9. The van der Waals surface area contributed by atoms with Crippen LogP contribution in [0.1, 0.15) is 38.7 Å². The summed E-state index contributed by atoms with van der Waals surface area (Å²) >= 11 is 0. The Morgan fingerprint density at radius 3 is 2.53 bits per heavy atom. The summed E-state index contributed by atoms with van der Waals surface area (Å²) in [6.45, 7) is 6.29. The fourth-order valence-electron chi connectivity index (χ4n) is 1.94. The number of benzene rings is 1. The van der Waals surface area contributed by atoms with Gasteiger partial charge in [-0.25, -0.2) is 0 Å². The number of esters is 1. The van der Waals surface area contributed by atoms with Crippen LogP contribution in [0.4, 0.5) is 0 Å². The maximum atomic E-state index is 11.6. The lowest BCUT2D eigenvalue weighted by molar-refractivity contribution is -0.148. The van der Waals surface area contributed by atoms with E-state index in [0.717, 1.165) is 32.4 Å². The number of nitrogens with one attached hydrogen (secondary N) is 1. The molecule has 0 spiro atoms. The molecule has 3 nitrogen and oxygen atoms in total. The van der Waals surface area contributed by atoms with Gasteiger partial charge < -0.3 is 10.1 Å². The summed E-state index contributed by atoms with van der Waals surface area (Å²) in [7, 11) is 0. The summed E-state index contributed by atoms with van der Waals surface area (Å²) in [5.74, 6) is 0.0188. The van der Waals surface area contributed by atoms with Crippen LogP contribution in [-0.2, 0) is 16.1 Å². The van der Waals surface area contributed by atoms with E-state index in [1.807, 2.05) is 32.0 Å². The van der Waals surface area contributed by atoms with Gasteiger partial charge in [0.25, 0.3) is 0 Å². The second-order valence-corrected chi connectivity index (χ2v) is 4.70. The minimum atomic E-state index is -0.0481. The smallest absolute Gasteiger partial charge is 0.308 e. The van der Waals surface area contributed by atoms with Gasteiger partial charge in [0, 0.05) is 6.54 Å². The van der Waals surface area contributed by atoms with Crippen molar-refractivity contribution in [1.29, 1.82) is 0 Å². The van der Waals surface area contributed by atoms with Crippen molar-refractivity contribution in [3.63, 3.8) is 0 Å². The molecule has 0 unspecified atom stereocenters. The van der Waals surface area contributed by atoms with Gasteiger partial charge in [0.15, 0.2) is 0 Å². The van der Waals surface area contributed by atoms with Crippen molar-refractivity contribution in [2.24, 2.45) is 5.92 Å². The molecule has 1 aromatic rings. The molecular weight excluding hydrogens is 238 g/mol. The number of carbonyl (C=O) groups excluding carboxylic acids is 1. The monoisotopic (exact) mass is 263 g/mol. The van der Waals surface area contributed by atoms with Gasteiger partial charge >= 0.3 is 5.97 Å². The minimum Gasteiger partial charge on any atom is -0.465 e. The van der Waals surface area contributed by atoms with Crippen LogP contribution >= 0.6 is 0 Å². The molecule has 106 valence electrons. The average molecular weight is 263 g/mol. The number of hydrogen-bond acceptors (Lipinski definition) is 3. The molecule has 0 saturated carbocycles. The number of hydrogen-bond donors (Lipinski definition) is 1. The number of carbonyl (C=O) groups is 1. The molecule has 0 amide bonds. The molecule has 0 aromatic heterocycles. The van der Waals surface area contributed by atoms with Crippen LogP contribution < -0.4 is 5.32 Å². The van der Waals surface area contributed by atoms with E-state index in [9.17, 15) is 4.79 Å². The highest BCUT2D eigenvalue weighted by Gasteiger charge is 2.14. The van der Waals surface area contributed by atoms with E-state index in [-0.39, 0.29) is 11.9 Å². The Morgan fingerprint density at radius 2 is 1.89 bits per heavy atom. The lowest BCUT2D eigenvalue weighted by atomic mass is 10.0. The van der Waals surface area contributed by atoms with Gasteiger partial charge in [0.1, 0.15) is 0 Å². The minimum absolute atomic E-state index is 0.0481. The molecule has 0 fully saturated rings. The predicted octanol–water partition coefficient (Wildman–Crippen LogP) is 3.15. The van der Waals surface area contributed by atoms with E-state index >= 15 is 0 Å². The maximum absolute atomic E-state index is 11.6. The SMILES string of the molecule is CCC(CC)C(=O)OCCCNCc1ccccc1. The lowest BCUT2D eigenvalue weighted by Gasteiger charge is -2.12. The predicted molar refractivity (Wildman–Crippen MR) is 77.8 cm³/mol. The van der Waals surface area contributed by atoms with Crippen molar-refractivity contribution in [1.82, 2.24) is 5.32 Å². The van der Waals surface area contributed by atoms with E-state index in [1.54, 1.807) is 0 Å². The van der Waals surface area contributed by atoms with E-state index in [1.165, 1.54) is 5.56 Å². The molecule has 0 atom stereocenters. The summed E-state index contributed by atoms with van der Waals surface area (Å²) in [6, 6.07) is 10.3. The summed E-state index contributed by atoms with van der Waals surface area (Å²) < 4.78 is 5.26. The van der Waals surface area contributed by atoms with Crippen molar-refractivity contribution >= 4 is 5.97 Å². The number of ether oxygens (including phenoxy) is 1. The normalized spacial score (nSPS) is 10.7. The Labute approximate surface area is 116 Å². The van der Waals surface area contributed by atoms with Gasteiger partial charge in [-0.15, -0.1) is 0 Å². The molecular formula is C16H25NO2. The fourth-order valence-corrected chi connectivity index (χ4v) is 1.94. The van der Waals surface area contributed by atoms with Crippen molar-refractivity contribution in [2.45, 2.75) is 39.7 Å². The molecule has 0 bridgehead atoms. The van der Waals surface area contributed by atoms with Crippen LogP contribution in [0.5, 0.6) is 0 Å². The molecule has 0 aliphatic carbocycles. The highest BCUT2D eigenvalue weighted by molar-refractivity contribution is 5.72. The van der Waals surface area contributed by atoms with Crippen LogP contribution in [0.25, 0.3) is 0 Å². The average Bonchev–Trinajstić information content (AvgIpc) is 2.45. The molecule has 0 saturated heterocycles. The van der Waals surface area contributed by atoms with E-state index < -0.39 is 0 Å². The van der Waals surface area contributed by atoms with Crippen LogP contribution in [-0.4, -0.2) is 19.1 Å². The molecule has 1 rings (SSSR count). The van der Waals surface area contributed by atoms with E-state index in [4.69, 9.17) is 4.74 Å². The number of rotatable bonds is 9. The summed E-state index contributed by atoms with van der Waals surface area (Å²) in [5.41, 5.74) is 1.27. The third-order valence-corrected chi connectivity index (χ3v) is 3.23. The first-order chi connectivity index (χ1) is 9.27. The first-order valence-corrected chi connectivity index (χ1v) is 7.19. The second-order valence-electron chi connectivity index (χ2n) is 4.70. The first-order valence-electron chi connectivity index (χ1n) is 7.19. The van der Waals surface area contributed by atoms with Crippen LogP contribution in [0.3, 0.4) is 0 Å². The topological polar surface area (TPSA) is 38.3 Å². The Morgan fingerprint density at radius 1 is 1.21 bits per heavy atom. The summed E-state index contributed by atoms with van der Waals surface area (Å²) in [4.78, 5) is 11.6. The van der Waals surface area contributed by atoms with Gasteiger partial charge in [-0.1, -0.05) is 44.2 Å². The Hall–Kier alpha value is -1.35. The molecule has 0 aliphatic rings. The molecule has 0 aliphatic heterocycles. The molecule has 1 N–H and O–H groups in total. The third kappa shape index (κ3) is 6.39. The van der Waals surface area contributed by atoms with Gasteiger partial charge in [0.05, 0.1) is 12.5 Å². The lowest BCUT2D eigenvalue weighted by Crippen LogP contribution is -2.20. The van der Waals surface area contributed by atoms with Crippen molar-refractivity contribution in [3.8, 4) is 0 Å². The van der Waals surface area contributed by atoms with Crippen LogP contribution in [0.15, 0.2) is 30.3 Å². The van der Waals surface area contributed by atoms with E-state index in [2.05, 4.69) is 17.4 Å². The summed E-state index contributed by atoms with van der Waals surface area (Å²) in [5, 5.41) is 3.34. The standard InChI is InChI=1S/C16H25NO2/c1-3-15(4-2)16(18)19-12-8-11-17-13-14-9-6-5-7-10-14/h5-7,9-10,15,17H,3-4,8,11-13H2,1-2H3. The van der Waals surface area contributed by atoms with Gasteiger partial charge in [-0.3, -0.25) is 4.79 Å². The maximum Gasteiger partial charge on any atom is 0.308 e. The highest BCUT2D eigenvalue weighted by Crippen LogP contribution is 2.09. The van der Waals surface area contributed by atoms with Crippen LogP contribution in [0, 0.1) is 5.92 Å². The summed E-state index contributed by atoms with van der Waals surface area (Å²) in [6.07, 6.45) is 2.59. The van der Waals surface area contributed by atoms with Crippen molar-refractivity contribution < 1.29 is 9.53 Å². The van der Waals surface area contributed by atoms with Crippen molar-refractivity contribution in [3.05, 3.63) is 35.9 Å². The Kier molecular flexibility index (Phi) is 7.91. The first kappa shape index (κ1) is 15.7. The van der Waals surface area contributed by atoms with Crippen molar-refractivity contribution in [2.75, 3.05) is 13.2 Å². The van der Waals surface area contributed by atoms with Gasteiger partial charge in [-0.2, -0.15) is 0 Å². The van der Waals surface area contributed by atoms with Gasteiger partial charge in [0.2, 0.25) is 0 Å². The zero-order valence-corrected chi connectivity index (χ0v) is 12.0. The quantitative estimate of drug-likeness (QED) is 0.549. The fraction of sp³-hybridized carbons (Fsp3) is 0.562. The molecule has 0 heterocycles. The molecule has 19 heavy (non-hydrogen) atoms. The molecule has 0 radical (unpaired) electrons. The Bertz CT molecular complexity index is 347. The largest absolute Gasteiger partial charge is 0.465 e. The molecule has 3 heteroatoms. The van der Waals surface area contributed by atoms with Crippen LogP contribution in [0.2, 0.25) is 0 Å². The van der Waals surface area contributed by atoms with Gasteiger partial charge in [-0.05, 0) is 31.4 Å². The second kappa shape index (κ2) is 9.56. The zero-order valence-electron chi connectivity index (χ0n) is 12.0. The Balaban J connectivity index is 2.04. The molecule has 1 aromatic carbocycles. The third-order valence-electron chi connectivity index (χ3n) is 3.23. The highest BCUT2D eigenvalue weighted by atomic mass is 16.5.